The second-order valence-electron chi connectivity index (χ2n) is 5.05. The van der Waals surface area contributed by atoms with E-state index in [1.807, 2.05) is 33.1 Å². The molecule has 1 unspecified atom stereocenters. The van der Waals surface area contributed by atoms with E-state index in [4.69, 9.17) is 5.73 Å². The van der Waals surface area contributed by atoms with E-state index >= 15 is 0 Å². The molecule has 0 bridgehead atoms. The molecule has 0 amide bonds. The Bertz CT molecular complexity index is 330. The number of aromatic nitrogens is 1. The average molecular weight is 228 g/mol. The van der Waals surface area contributed by atoms with E-state index in [9.17, 15) is 5.11 Å². The van der Waals surface area contributed by atoms with Crippen LogP contribution >= 0.6 is 11.3 Å². The smallest absolute Gasteiger partial charge is 0.0957 e. The van der Waals surface area contributed by atoms with Crippen LogP contribution in [0.15, 0.2) is 5.38 Å². The number of thiazole rings is 1. The zero-order valence-corrected chi connectivity index (χ0v) is 10.7. The number of aliphatic hydroxyl groups is 1. The molecule has 0 aliphatic carbocycles. The van der Waals surface area contributed by atoms with Crippen LogP contribution in [-0.4, -0.2) is 22.2 Å². The van der Waals surface area contributed by atoms with Crippen molar-refractivity contribution in [2.45, 2.75) is 39.7 Å². The third kappa shape index (κ3) is 2.77. The van der Waals surface area contributed by atoms with Crippen molar-refractivity contribution < 1.29 is 5.11 Å². The molecule has 1 aromatic rings. The van der Waals surface area contributed by atoms with Crippen molar-refractivity contribution in [2.75, 3.05) is 6.54 Å². The molecular formula is C11H20N2OS. The van der Waals surface area contributed by atoms with Crippen molar-refractivity contribution in [3.63, 3.8) is 0 Å². The first-order valence-electron chi connectivity index (χ1n) is 5.12. The molecule has 1 rings (SSSR count). The van der Waals surface area contributed by atoms with Crippen LogP contribution in [0, 0.1) is 12.3 Å². The summed E-state index contributed by atoms with van der Waals surface area (Å²) in [5.74, 6) is 0. The molecule has 4 heteroatoms. The lowest BCUT2D eigenvalue weighted by molar-refractivity contribution is -0.0490. The van der Waals surface area contributed by atoms with Gasteiger partial charge >= 0.3 is 0 Å². The molecule has 1 atom stereocenters. The van der Waals surface area contributed by atoms with Gasteiger partial charge in [0.25, 0.3) is 0 Å². The SMILES string of the molecule is Cc1csc(CC(O)(CN)C(C)(C)C)n1. The van der Waals surface area contributed by atoms with E-state index in [0.29, 0.717) is 6.42 Å². The van der Waals surface area contributed by atoms with E-state index in [1.165, 1.54) is 0 Å². The summed E-state index contributed by atoms with van der Waals surface area (Å²) in [6.07, 6.45) is 0.533. The predicted octanol–water partition coefficient (Wildman–Crippen LogP) is 1.73. The van der Waals surface area contributed by atoms with Gasteiger partial charge in [0.15, 0.2) is 0 Å². The molecule has 0 aliphatic rings. The van der Waals surface area contributed by atoms with Crippen molar-refractivity contribution >= 4 is 11.3 Å². The van der Waals surface area contributed by atoms with Crippen molar-refractivity contribution in [1.82, 2.24) is 4.98 Å². The van der Waals surface area contributed by atoms with E-state index in [2.05, 4.69) is 4.98 Å². The molecule has 0 saturated heterocycles. The highest BCUT2D eigenvalue weighted by Gasteiger charge is 2.39. The van der Waals surface area contributed by atoms with Gasteiger partial charge in [-0.3, -0.25) is 0 Å². The quantitative estimate of drug-likeness (QED) is 0.828. The summed E-state index contributed by atoms with van der Waals surface area (Å²) in [5, 5.41) is 13.4. The van der Waals surface area contributed by atoms with Gasteiger partial charge in [-0.15, -0.1) is 11.3 Å². The van der Waals surface area contributed by atoms with Crippen molar-refractivity contribution in [3.05, 3.63) is 16.1 Å². The van der Waals surface area contributed by atoms with Crippen molar-refractivity contribution in [3.8, 4) is 0 Å². The van der Waals surface area contributed by atoms with Gasteiger partial charge in [0, 0.05) is 24.0 Å². The Labute approximate surface area is 95.3 Å². The van der Waals surface area contributed by atoms with Gasteiger partial charge in [-0.25, -0.2) is 4.98 Å². The maximum Gasteiger partial charge on any atom is 0.0957 e. The molecule has 3 nitrogen and oxygen atoms in total. The highest BCUT2D eigenvalue weighted by Crippen LogP contribution is 2.33. The predicted molar refractivity (Wildman–Crippen MR) is 64.0 cm³/mol. The zero-order chi connectivity index (χ0) is 11.7. The van der Waals surface area contributed by atoms with Crippen LogP contribution in [0.5, 0.6) is 0 Å². The lowest BCUT2D eigenvalue weighted by Gasteiger charge is -2.38. The number of hydrogen-bond acceptors (Lipinski definition) is 4. The monoisotopic (exact) mass is 228 g/mol. The molecular weight excluding hydrogens is 208 g/mol. The molecule has 86 valence electrons. The number of nitrogens with two attached hydrogens (primary N) is 1. The fourth-order valence-corrected chi connectivity index (χ4v) is 2.26. The lowest BCUT2D eigenvalue weighted by atomic mass is 9.74. The molecule has 0 saturated carbocycles. The fraction of sp³-hybridized carbons (Fsp3) is 0.727. The Kier molecular flexibility index (Phi) is 3.53. The summed E-state index contributed by atoms with van der Waals surface area (Å²) in [6, 6.07) is 0. The van der Waals surface area contributed by atoms with Crippen LogP contribution in [0.1, 0.15) is 31.5 Å². The molecule has 3 N–H and O–H groups in total. The minimum Gasteiger partial charge on any atom is -0.388 e. The van der Waals surface area contributed by atoms with Crippen molar-refractivity contribution in [1.29, 1.82) is 0 Å². The molecule has 0 aromatic carbocycles. The maximum atomic E-state index is 10.5. The molecule has 1 heterocycles. The van der Waals surface area contributed by atoms with Crippen LogP contribution in [0.25, 0.3) is 0 Å². The van der Waals surface area contributed by atoms with Gasteiger partial charge in [-0.2, -0.15) is 0 Å². The first kappa shape index (κ1) is 12.6. The van der Waals surface area contributed by atoms with E-state index < -0.39 is 5.60 Å². The van der Waals surface area contributed by atoms with Gasteiger partial charge in [0.05, 0.1) is 10.6 Å². The standard InChI is InChI=1S/C11H20N2OS/c1-8-6-15-9(13-8)5-11(14,7-12)10(2,3)4/h6,14H,5,7,12H2,1-4H3. The van der Waals surface area contributed by atoms with Gasteiger partial charge in [0.1, 0.15) is 0 Å². The highest BCUT2D eigenvalue weighted by molar-refractivity contribution is 7.09. The van der Waals surface area contributed by atoms with Crippen LogP contribution in [-0.2, 0) is 6.42 Å². The normalized spacial score (nSPS) is 16.4. The second kappa shape index (κ2) is 4.20. The van der Waals surface area contributed by atoms with Crippen LogP contribution in [0.3, 0.4) is 0 Å². The van der Waals surface area contributed by atoms with Crippen molar-refractivity contribution in [2.24, 2.45) is 11.1 Å². The highest BCUT2D eigenvalue weighted by atomic mass is 32.1. The minimum absolute atomic E-state index is 0.235. The first-order valence-corrected chi connectivity index (χ1v) is 6.00. The number of hydrogen-bond donors (Lipinski definition) is 2. The largest absolute Gasteiger partial charge is 0.388 e. The van der Waals surface area contributed by atoms with Gasteiger partial charge in [-0.1, -0.05) is 20.8 Å². The topological polar surface area (TPSA) is 59.1 Å². The van der Waals surface area contributed by atoms with Gasteiger partial charge < -0.3 is 10.8 Å². The zero-order valence-electron chi connectivity index (χ0n) is 9.87. The summed E-state index contributed by atoms with van der Waals surface area (Å²) < 4.78 is 0. The molecule has 0 radical (unpaired) electrons. The summed E-state index contributed by atoms with van der Waals surface area (Å²) >= 11 is 1.58. The van der Waals surface area contributed by atoms with Gasteiger partial charge in [0.2, 0.25) is 0 Å². The Morgan fingerprint density at radius 1 is 1.47 bits per heavy atom. The van der Waals surface area contributed by atoms with E-state index in [0.717, 1.165) is 10.7 Å². The molecule has 0 spiro atoms. The molecule has 0 fully saturated rings. The van der Waals surface area contributed by atoms with Crippen LogP contribution in [0.2, 0.25) is 0 Å². The molecule has 1 aromatic heterocycles. The third-order valence-electron chi connectivity index (χ3n) is 2.84. The number of nitrogens with zero attached hydrogens (tertiary/aromatic N) is 1. The van der Waals surface area contributed by atoms with E-state index in [1.54, 1.807) is 11.3 Å². The first-order chi connectivity index (χ1) is 6.78. The second-order valence-corrected chi connectivity index (χ2v) is 5.99. The summed E-state index contributed by atoms with van der Waals surface area (Å²) in [5.41, 5.74) is 5.57. The minimum atomic E-state index is -0.878. The Balaban J connectivity index is 2.86. The average Bonchev–Trinajstić information content (AvgIpc) is 2.49. The third-order valence-corrected chi connectivity index (χ3v) is 3.81. The molecule has 15 heavy (non-hydrogen) atoms. The Morgan fingerprint density at radius 3 is 2.40 bits per heavy atom. The van der Waals surface area contributed by atoms with Crippen LogP contribution in [0.4, 0.5) is 0 Å². The van der Waals surface area contributed by atoms with Gasteiger partial charge in [-0.05, 0) is 12.3 Å². The summed E-state index contributed by atoms with van der Waals surface area (Å²) in [4.78, 5) is 4.36. The fourth-order valence-electron chi connectivity index (χ4n) is 1.38. The van der Waals surface area contributed by atoms with Crippen LogP contribution < -0.4 is 5.73 Å². The number of aryl methyl sites for hydroxylation is 1. The Morgan fingerprint density at radius 2 is 2.07 bits per heavy atom. The summed E-state index contributed by atoms with van der Waals surface area (Å²) in [7, 11) is 0. The summed E-state index contributed by atoms with van der Waals surface area (Å²) in [6.45, 7) is 8.22. The lowest BCUT2D eigenvalue weighted by Crippen LogP contribution is -2.50. The van der Waals surface area contributed by atoms with E-state index in [-0.39, 0.29) is 12.0 Å². The Hall–Kier alpha value is -0.450. The maximum absolute atomic E-state index is 10.5. The number of rotatable bonds is 3. The molecule has 0 aliphatic heterocycles.